The number of nitrogens with one attached hydrogen (secondary N) is 1. The molecule has 1 amide bonds. The molecule has 0 fully saturated rings. The van der Waals surface area contributed by atoms with Gasteiger partial charge >= 0.3 is 6.61 Å². The Morgan fingerprint density at radius 3 is 2.82 bits per heavy atom. The van der Waals surface area contributed by atoms with Gasteiger partial charge < -0.3 is 9.47 Å². The van der Waals surface area contributed by atoms with Gasteiger partial charge in [0.25, 0.3) is 5.91 Å². The average Bonchev–Trinajstić information content (AvgIpc) is 2.90. The van der Waals surface area contributed by atoms with E-state index in [0.717, 1.165) is 0 Å². The quantitative estimate of drug-likeness (QED) is 0.427. The van der Waals surface area contributed by atoms with E-state index < -0.39 is 12.5 Å². The molecule has 0 aliphatic carbocycles. The number of amides is 1. The average molecular weight is 331 g/mol. The molecule has 10 heteroatoms. The number of thiol groups is 1. The van der Waals surface area contributed by atoms with Gasteiger partial charge in [0, 0.05) is 17.8 Å². The molecule has 0 saturated carbocycles. The van der Waals surface area contributed by atoms with Crippen LogP contribution in [0.5, 0.6) is 11.6 Å². The first-order valence-electron chi connectivity index (χ1n) is 5.90. The molecule has 0 aliphatic heterocycles. The van der Waals surface area contributed by atoms with Crippen LogP contribution in [0.4, 0.5) is 8.78 Å². The highest BCUT2D eigenvalue weighted by Gasteiger charge is 2.18. The lowest BCUT2D eigenvalue weighted by Gasteiger charge is -2.14. The Kier molecular flexibility index (Phi) is 5.17. The van der Waals surface area contributed by atoms with E-state index in [4.69, 9.17) is 9.94 Å². The van der Waals surface area contributed by atoms with E-state index in [9.17, 15) is 13.6 Å². The van der Waals surface area contributed by atoms with Crippen LogP contribution < -0.4 is 15.0 Å². The minimum absolute atomic E-state index is 0.0445. The lowest BCUT2D eigenvalue weighted by Crippen LogP contribution is -2.21. The second-order valence-corrected chi connectivity index (χ2v) is 4.37. The third-order valence-electron chi connectivity index (χ3n) is 2.61. The zero-order valence-corrected chi connectivity index (χ0v) is 11.8. The molecular weight excluding hydrogens is 320 g/mol. The van der Waals surface area contributed by atoms with Crippen molar-refractivity contribution in [2.24, 2.45) is 0 Å². The molecule has 0 bridgehead atoms. The van der Waals surface area contributed by atoms with Crippen molar-refractivity contribution in [1.29, 1.82) is 0 Å². The summed E-state index contributed by atoms with van der Waals surface area (Å²) in [6, 6.07) is 5.43. The highest BCUT2D eigenvalue weighted by atomic mass is 32.1. The van der Waals surface area contributed by atoms with Crippen molar-refractivity contribution >= 4 is 18.7 Å². The van der Waals surface area contributed by atoms with Gasteiger partial charge in [0.05, 0.1) is 5.56 Å². The Morgan fingerprint density at radius 2 is 2.23 bits per heavy atom. The number of halogens is 2. The van der Waals surface area contributed by atoms with Crippen LogP contribution in [-0.4, -0.2) is 26.9 Å². The van der Waals surface area contributed by atoms with Crippen LogP contribution in [0.3, 0.4) is 0 Å². The monoisotopic (exact) mass is 331 g/mol. The molecule has 1 heterocycles. The molecule has 7 nitrogen and oxygen atoms in total. The lowest BCUT2D eigenvalue weighted by atomic mass is 10.1. The number of hydrogen-bond acceptors (Lipinski definition) is 6. The van der Waals surface area contributed by atoms with Crippen molar-refractivity contribution in [2.75, 3.05) is 0 Å². The largest absolute Gasteiger partial charge is 0.472 e. The standard InChI is InChI=1S/C12H11F2N3O4S/c13-12(14)21-9-3-1-2-7(11(18)16-19)8(9)6-20-10-4-5-17(22)15-10/h1-5,12,19,22H,6H2,(H,16,18). The van der Waals surface area contributed by atoms with Gasteiger partial charge in [-0.05, 0) is 24.9 Å². The number of carbonyl (C=O) groups is 1. The topological polar surface area (TPSA) is 85.6 Å². The van der Waals surface area contributed by atoms with E-state index in [1.807, 2.05) is 0 Å². The molecule has 0 aliphatic rings. The molecule has 1 aromatic heterocycles. The highest BCUT2D eigenvalue weighted by molar-refractivity contribution is 7.78. The van der Waals surface area contributed by atoms with Crippen LogP contribution in [0.25, 0.3) is 0 Å². The first-order chi connectivity index (χ1) is 10.5. The molecule has 2 aromatic rings. The maximum atomic E-state index is 12.4. The number of nitrogens with zero attached hydrogens (tertiary/aromatic N) is 2. The minimum atomic E-state index is -3.07. The van der Waals surface area contributed by atoms with Gasteiger partial charge in [-0.25, -0.2) is 9.57 Å². The van der Waals surface area contributed by atoms with Crippen molar-refractivity contribution in [3.8, 4) is 11.6 Å². The molecule has 0 saturated heterocycles. The van der Waals surface area contributed by atoms with Crippen LogP contribution in [0, 0.1) is 0 Å². The number of benzene rings is 1. The maximum Gasteiger partial charge on any atom is 0.387 e. The Bertz CT molecular complexity index is 666. The SMILES string of the molecule is O=C(NO)c1cccc(OC(F)F)c1COc1ccn(S)n1. The van der Waals surface area contributed by atoms with Crippen molar-refractivity contribution in [2.45, 2.75) is 13.2 Å². The summed E-state index contributed by atoms with van der Waals surface area (Å²) in [7, 11) is 0. The number of hydroxylamine groups is 1. The van der Waals surface area contributed by atoms with Crippen LogP contribution >= 0.6 is 12.8 Å². The summed E-state index contributed by atoms with van der Waals surface area (Å²) in [6.07, 6.45) is 1.50. The second-order valence-electron chi connectivity index (χ2n) is 3.96. The molecule has 0 atom stereocenters. The lowest BCUT2D eigenvalue weighted by molar-refractivity contribution is -0.0509. The smallest absolute Gasteiger partial charge is 0.387 e. The number of hydrogen-bond donors (Lipinski definition) is 3. The number of alkyl halides is 2. The summed E-state index contributed by atoms with van der Waals surface area (Å²) in [6.45, 7) is -3.33. The van der Waals surface area contributed by atoms with E-state index in [-0.39, 0.29) is 29.4 Å². The molecule has 1 aromatic carbocycles. The summed E-state index contributed by atoms with van der Waals surface area (Å²) in [5.41, 5.74) is 1.42. The fourth-order valence-electron chi connectivity index (χ4n) is 1.72. The van der Waals surface area contributed by atoms with E-state index in [0.29, 0.717) is 0 Å². The van der Waals surface area contributed by atoms with E-state index in [2.05, 4.69) is 22.7 Å². The first kappa shape index (κ1) is 16.0. The van der Waals surface area contributed by atoms with E-state index in [1.165, 1.54) is 40.0 Å². The predicted octanol–water partition coefficient (Wildman–Crippen LogP) is 1.88. The number of aromatic nitrogens is 2. The van der Waals surface area contributed by atoms with Crippen LogP contribution in [-0.2, 0) is 6.61 Å². The predicted molar refractivity (Wildman–Crippen MR) is 73.3 cm³/mol. The van der Waals surface area contributed by atoms with E-state index in [1.54, 1.807) is 0 Å². The zero-order valence-electron chi connectivity index (χ0n) is 10.9. The summed E-state index contributed by atoms with van der Waals surface area (Å²) >= 11 is 3.92. The number of carbonyl (C=O) groups excluding carboxylic acids is 1. The summed E-state index contributed by atoms with van der Waals surface area (Å²) in [4.78, 5) is 11.6. The Balaban J connectivity index is 2.29. The third kappa shape index (κ3) is 3.86. The molecule has 0 radical (unpaired) electrons. The van der Waals surface area contributed by atoms with Gasteiger partial charge in [-0.2, -0.15) is 8.78 Å². The molecular formula is C12H11F2N3O4S. The Hall–Kier alpha value is -2.33. The third-order valence-corrected chi connectivity index (χ3v) is 2.83. The van der Waals surface area contributed by atoms with E-state index >= 15 is 0 Å². The maximum absolute atomic E-state index is 12.4. The summed E-state index contributed by atoms with van der Waals surface area (Å²) in [5, 5.41) is 12.5. The molecule has 22 heavy (non-hydrogen) atoms. The molecule has 2 N–H and O–H groups in total. The van der Waals surface area contributed by atoms with Crippen molar-refractivity contribution < 1.29 is 28.3 Å². The minimum Gasteiger partial charge on any atom is -0.472 e. The number of rotatable bonds is 6. The van der Waals surface area contributed by atoms with Gasteiger partial charge in [0.15, 0.2) is 0 Å². The molecule has 118 valence electrons. The van der Waals surface area contributed by atoms with Gasteiger partial charge in [-0.1, -0.05) is 6.07 Å². The fraction of sp³-hybridized carbons (Fsp3) is 0.167. The molecule has 0 spiro atoms. The Labute approximate surface area is 128 Å². The van der Waals surface area contributed by atoms with Crippen LogP contribution in [0.2, 0.25) is 0 Å². The normalized spacial score (nSPS) is 10.6. The first-order valence-corrected chi connectivity index (χ1v) is 6.30. The van der Waals surface area contributed by atoms with Crippen LogP contribution in [0.15, 0.2) is 30.5 Å². The highest BCUT2D eigenvalue weighted by Crippen LogP contribution is 2.26. The molecule has 2 rings (SSSR count). The fourth-order valence-corrected chi connectivity index (χ4v) is 1.87. The zero-order chi connectivity index (χ0) is 16.1. The Morgan fingerprint density at radius 1 is 1.45 bits per heavy atom. The van der Waals surface area contributed by atoms with Gasteiger partial charge in [0.1, 0.15) is 12.4 Å². The number of ether oxygens (including phenoxy) is 2. The van der Waals surface area contributed by atoms with Gasteiger partial charge in [-0.15, -0.1) is 5.10 Å². The van der Waals surface area contributed by atoms with Crippen LogP contribution in [0.1, 0.15) is 15.9 Å². The van der Waals surface area contributed by atoms with Crippen molar-refractivity contribution in [3.63, 3.8) is 0 Å². The second kappa shape index (κ2) is 7.09. The van der Waals surface area contributed by atoms with Crippen molar-refractivity contribution in [1.82, 2.24) is 14.7 Å². The van der Waals surface area contributed by atoms with Gasteiger partial charge in [0.2, 0.25) is 5.88 Å². The summed E-state index contributed by atoms with van der Waals surface area (Å²) < 4.78 is 35.7. The van der Waals surface area contributed by atoms with Crippen molar-refractivity contribution in [3.05, 3.63) is 41.6 Å². The molecule has 0 unspecified atom stereocenters. The summed E-state index contributed by atoms with van der Waals surface area (Å²) in [5.74, 6) is -0.934. The van der Waals surface area contributed by atoms with Gasteiger partial charge in [-0.3, -0.25) is 10.0 Å².